The molecule has 0 aromatic rings. The Labute approximate surface area is 99.5 Å². The van der Waals surface area contributed by atoms with Gasteiger partial charge in [-0.2, -0.15) is 0 Å². The molecular formula is C13H26N2O. The molecule has 0 radical (unpaired) electrons. The minimum atomic E-state index is 0.261. The Morgan fingerprint density at radius 2 is 2.12 bits per heavy atom. The van der Waals surface area contributed by atoms with Gasteiger partial charge in [-0.15, -0.1) is 0 Å². The second-order valence-corrected chi connectivity index (χ2v) is 5.47. The molecule has 0 aromatic carbocycles. The van der Waals surface area contributed by atoms with Crippen LogP contribution in [0, 0.1) is 0 Å². The fourth-order valence-electron chi connectivity index (χ4n) is 3.22. The van der Waals surface area contributed by atoms with E-state index in [-0.39, 0.29) is 5.60 Å². The smallest absolute Gasteiger partial charge is 0.0697 e. The molecule has 2 rings (SSSR count). The highest BCUT2D eigenvalue weighted by atomic mass is 16.5. The minimum absolute atomic E-state index is 0.261. The van der Waals surface area contributed by atoms with Gasteiger partial charge in [-0.1, -0.05) is 12.8 Å². The molecule has 0 aromatic heterocycles. The van der Waals surface area contributed by atoms with Gasteiger partial charge >= 0.3 is 0 Å². The lowest BCUT2D eigenvalue weighted by Gasteiger charge is -2.41. The van der Waals surface area contributed by atoms with Crippen LogP contribution in [-0.4, -0.2) is 50.3 Å². The number of ether oxygens (including phenoxy) is 1. The summed E-state index contributed by atoms with van der Waals surface area (Å²) in [6.07, 6.45) is 7.79. The fourth-order valence-corrected chi connectivity index (χ4v) is 3.22. The SMILES string of the molecule is CNCCN(C)C1CCOC2(CCCC2)C1. The van der Waals surface area contributed by atoms with E-state index in [4.69, 9.17) is 4.74 Å². The number of hydrogen-bond donors (Lipinski definition) is 1. The third-order valence-electron chi connectivity index (χ3n) is 4.32. The minimum Gasteiger partial charge on any atom is -0.375 e. The predicted molar refractivity (Wildman–Crippen MR) is 66.7 cm³/mol. The topological polar surface area (TPSA) is 24.5 Å². The Kier molecular flexibility index (Phi) is 4.22. The van der Waals surface area contributed by atoms with Gasteiger partial charge in [-0.05, 0) is 39.8 Å². The van der Waals surface area contributed by atoms with Crippen LogP contribution in [-0.2, 0) is 4.74 Å². The van der Waals surface area contributed by atoms with Crippen LogP contribution in [0.3, 0.4) is 0 Å². The van der Waals surface area contributed by atoms with Crippen molar-refractivity contribution in [1.29, 1.82) is 0 Å². The highest BCUT2D eigenvalue weighted by molar-refractivity contribution is 4.93. The van der Waals surface area contributed by atoms with E-state index in [0.29, 0.717) is 0 Å². The molecule has 1 N–H and O–H groups in total. The first-order chi connectivity index (χ1) is 7.76. The lowest BCUT2D eigenvalue weighted by molar-refractivity contribution is -0.0985. The van der Waals surface area contributed by atoms with Crippen LogP contribution in [0.4, 0.5) is 0 Å². The molecule has 1 unspecified atom stereocenters. The van der Waals surface area contributed by atoms with E-state index in [1.54, 1.807) is 0 Å². The average Bonchev–Trinajstić information content (AvgIpc) is 2.74. The number of hydrogen-bond acceptors (Lipinski definition) is 3. The highest BCUT2D eigenvalue weighted by Gasteiger charge is 2.40. The van der Waals surface area contributed by atoms with Gasteiger partial charge in [0.1, 0.15) is 0 Å². The van der Waals surface area contributed by atoms with Crippen molar-refractivity contribution in [3.63, 3.8) is 0 Å². The third kappa shape index (κ3) is 2.76. The van der Waals surface area contributed by atoms with E-state index < -0.39 is 0 Å². The van der Waals surface area contributed by atoms with Crippen LogP contribution in [0.1, 0.15) is 38.5 Å². The van der Waals surface area contributed by atoms with Crippen molar-refractivity contribution in [2.75, 3.05) is 33.8 Å². The van der Waals surface area contributed by atoms with Gasteiger partial charge in [0.15, 0.2) is 0 Å². The van der Waals surface area contributed by atoms with Crippen LogP contribution in [0.15, 0.2) is 0 Å². The predicted octanol–water partition coefficient (Wildman–Crippen LogP) is 1.63. The molecular weight excluding hydrogens is 200 g/mol. The molecule has 3 nitrogen and oxygen atoms in total. The zero-order chi connectivity index (χ0) is 11.4. The van der Waals surface area contributed by atoms with Crippen LogP contribution in [0.25, 0.3) is 0 Å². The van der Waals surface area contributed by atoms with E-state index in [0.717, 1.165) is 25.7 Å². The van der Waals surface area contributed by atoms with Gasteiger partial charge in [0, 0.05) is 25.7 Å². The Morgan fingerprint density at radius 3 is 2.81 bits per heavy atom. The van der Waals surface area contributed by atoms with E-state index in [9.17, 15) is 0 Å². The summed E-state index contributed by atoms with van der Waals surface area (Å²) in [5.74, 6) is 0. The van der Waals surface area contributed by atoms with E-state index >= 15 is 0 Å². The highest BCUT2D eigenvalue weighted by Crippen LogP contribution is 2.40. The third-order valence-corrected chi connectivity index (χ3v) is 4.32. The maximum Gasteiger partial charge on any atom is 0.0697 e. The second kappa shape index (κ2) is 5.48. The molecule has 1 heterocycles. The molecule has 16 heavy (non-hydrogen) atoms. The van der Waals surface area contributed by atoms with Gasteiger partial charge < -0.3 is 15.0 Å². The molecule has 0 amide bonds. The van der Waals surface area contributed by atoms with Crippen molar-refractivity contribution in [2.24, 2.45) is 0 Å². The molecule has 1 spiro atoms. The Hall–Kier alpha value is -0.120. The summed E-state index contributed by atoms with van der Waals surface area (Å²) in [6, 6.07) is 0.736. The molecule has 2 fully saturated rings. The van der Waals surface area contributed by atoms with Gasteiger partial charge in [0.25, 0.3) is 0 Å². The zero-order valence-corrected chi connectivity index (χ0v) is 10.8. The van der Waals surface area contributed by atoms with Crippen molar-refractivity contribution in [2.45, 2.75) is 50.2 Å². The van der Waals surface area contributed by atoms with Crippen LogP contribution in [0.5, 0.6) is 0 Å². The lowest BCUT2D eigenvalue weighted by Crippen LogP contribution is -2.47. The average molecular weight is 226 g/mol. The summed E-state index contributed by atoms with van der Waals surface area (Å²) >= 11 is 0. The first-order valence-electron chi connectivity index (χ1n) is 6.75. The van der Waals surface area contributed by atoms with Crippen molar-refractivity contribution in [3.05, 3.63) is 0 Å². The molecule has 2 aliphatic rings. The summed E-state index contributed by atoms with van der Waals surface area (Å²) in [7, 11) is 4.28. The van der Waals surface area contributed by atoms with Gasteiger partial charge in [0.2, 0.25) is 0 Å². The molecule has 1 saturated heterocycles. The Bertz CT molecular complexity index is 214. The number of rotatable bonds is 4. The largest absolute Gasteiger partial charge is 0.375 e. The normalized spacial score (nSPS) is 29.1. The molecule has 94 valence electrons. The summed E-state index contributed by atoms with van der Waals surface area (Å²) in [5, 5.41) is 3.23. The summed E-state index contributed by atoms with van der Waals surface area (Å²) < 4.78 is 6.07. The van der Waals surface area contributed by atoms with E-state index in [1.165, 1.54) is 38.5 Å². The van der Waals surface area contributed by atoms with Gasteiger partial charge in [0.05, 0.1) is 5.60 Å². The maximum absolute atomic E-state index is 6.07. The summed E-state index contributed by atoms with van der Waals surface area (Å²) in [6.45, 7) is 3.20. The van der Waals surface area contributed by atoms with Gasteiger partial charge in [-0.25, -0.2) is 0 Å². The number of likely N-dealkylation sites (N-methyl/N-ethyl adjacent to an activating group) is 2. The van der Waals surface area contributed by atoms with Crippen molar-refractivity contribution in [1.82, 2.24) is 10.2 Å². The standard InChI is InChI=1S/C13H26N2O/c1-14-8-9-15(2)12-5-10-16-13(11-12)6-3-4-7-13/h12,14H,3-11H2,1-2H3. The molecule has 1 aliphatic heterocycles. The molecule has 1 aliphatic carbocycles. The first kappa shape index (κ1) is 12.3. The van der Waals surface area contributed by atoms with Gasteiger partial charge in [-0.3, -0.25) is 0 Å². The first-order valence-corrected chi connectivity index (χ1v) is 6.75. The van der Waals surface area contributed by atoms with E-state index in [1.807, 2.05) is 7.05 Å². The zero-order valence-electron chi connectivity index (χ0n) is 10.8. The molecule has 1 saturated carbocycles. The van der Waals surface area contributed by atoms with Crippen molar-refractivity contribution < 1.29 is 4.74 Å². The maximum atomic E-state index is 6.07. The molecule has 0 bridgehead atoms. The van der Waals surface area contributed by atoms with Crippen molar-refractivity contribution in [3.8, 4) is 0 Å². The van der Waals surface area contributed by atoms with Crippen LogP contribution in [0.2, 0.25) is 0 Å². The monoisotopic (exact) mass is 226 g/mol. The van der Waals surface area contributed by atoms with Crippen molar-refractivity contribution >= 4 is 0 Å². The summed E-state index contributed by atoms with van der Waals surface area (Å²) in [5.41, 5.74) is 0.261. The quantitative estimate of drug-likeness (QED) is 0.788. The number of nitrogens with one attached hydrogen (secondary N) is 1. The lowest BCUT2D eigenvalue weighted by atomic mass is 9.88. The molecule has 3 heteroatoms. The Balaban J connectivity index is 1.85. The summed E-state index contributed by atoms with van der Waals surface area (Å²) in [4.78, 5) is 2.51. The van der Waals surface area contributed by atoms with Crippen LogP contribution >= 0.6 is 0 Å². The van der Waals surface area contributed by atoms with E-state index in [2.05, 4.69) is 17.3 Å². The van der Waals surface area contributed by atoms with Crippen LogP contribution < -0.4 is 5.32 Å². The second-order valence-electron chi connectivity index (χ2n) is 5.47. The molecule has 1 atom stereocenters. The Morgan fingerprint density at radius 1 is 1.38 bits per heavy atom. The fraction of sp³-hybridized carbons (Fsp3) is 1.00. The number of nitrogens with zero attached hydrogens (tertiary/aromatic N) is 1.